The zero-order chi connectivity index (χ0) is 19.8. The van der Waals surface area contributed by atoms with Crippen LogP contribution in [0.15, 0.2) is 24.5 Å². The van der Waals surface area contributed by atoms with E-state index >= 15 is 0 Å². The summed E-state index contributed by atoms with van der Waals surface area (Å²) in [5, 5.41) is 10.6. The number of alkyl halides is 1. The van der Waals surface area contributed by atoms with Gasteiger partial charge in [0.2, 0.25) is 0 Å². The fourth-order valence-electron chi connectivity index (χ4n) is 3.44. The number of hydrogen-bond acceptors (Lipinski definition) is 5. The number of aromatic nitrogens is 4. The summed E-state index contributed by atoms with van der Waals surface area (Å²) in [7, 11) is 0. The number of amides is 2. The highest BCUT2D eigenvalue weighted by Crippen LogP contribution is 2.19. The van der Waals surface area contributed by atoms with E-state index in [9.17, 15) is 14.0 Å². The lowest BCUT2D eigenvalue weighted by Crippen LogP contribution is -2.42. The molecule has 0 spiro atoms. The van der Waals surface area contributed by atoms with Crippen molar-refractivity contribution in [2.45, 2.75) is 38.1 Å². The largest absolute Gasteiger partial charge is 0.377 e. The molecule has 0 aromatic carbocycles. The Morgan fingerprint density at radius 3 is 2.79 bits per heavy atom. The minimum Gasteiger partial charge on any atom is -0.377 e. The van der Waals surface area contributed by atoms with Gasteiger partial charge in [0.15, 0.2) is 5.69 Å². The highest BCUT2D eigenvalue weighted by atomic mass is 19.1. The molecule has 2 amide bonds. The number of nitrogens with one attached hydrogen (secondary N) is 1. The number of carbonyl (C=O) groups is 2. The molecule has 10 heteroatoms. The molecule has 0 aliphatic carbocycles. The van der Waals surface area contributed by atoms with E-state index in [2.05, 4.69) is 15.6 Å². The van der Waals surface area contributed by atoms with E-state index in [-0.39, 0.29) is 36.8 Å². The van der Waals surface area contributed by atoms with Gasteiger partial charge in [-0.15, -0.1) is 5.10 Å². The molecule has 2 aliphatic rings. The number of likely N-dealkylation sites (tertiary alicyclic amines) is 1. The maximum Gasteiger partial charge on any atom is 0.276 e. The van der Waals surface area contributed by atoms with Crippen LogP contribution >= 0.6 is 0 Å². The fourth-order valence-corrected chi connectivity index (χ4v) is 3.44. The second kappa shape index (κ2) is 7.34. The van der Waals surface area contributed by atoms with Gasteiger partial charge in [-0.25, -0.2) is 9.07 Å². The lowest BCUT2D eigenvalue weighted by atomic mass is 10.2. The van der Waals surface area contributed by atoms with E-state index in [1.54, 1.807) is 23.0 Å². The van der Waals surface area contributed by atoms with Crippen molar-refractivity contribution in [1.29, 1.82) is 0 Å². The summed E-state index contributed by atoms with van der Waals surface area (Å²) in [5.41, 5.74) is 0.636. The standard InChI is InChI=1S/C18H23FN6O3/c1-11(2)24-5-3-4-16(24)17(26)20-14-7-23(6-13(14)19)18(27)15-8-25(22-21-15)12-9-28-10-12/h3-5,8,11-14H,6-7,9-10H2,1-2H3,(H,20,26)/t13-,14+/m0/s1. The van der Waals surface area contributed by atoms with Crippen LogP contribution in [0.5, 0.6) is 0 Å². The topological polar surface area (TPSA) is 94.3 Å². The van der Waals surface area contributed by atoms with Crippen LogP contribution in [0.1, 0.15) is 46.9 Å². The van der Waals surface area contributed by atoms with Gasteiger partial charge in [0.05, 0.1) is 32.0 Å². The van der Waals surface area contributed by atoms with Crippen LogP contribution in [0.3, 0.4) is 0 Å². The Hall–Kier alpha value is -2.75. The number of ether oxygens (including phenoxy) is 1. The molecule has 2 atom stereocenters. The summed E-state index contributed by atoms with van der Waals surface area (Å²) in [6, 6.07) is 2.92. The molecule has 1 N–H and O–H groups in total. The first-order chi connectivity index (χ1) is 13.4. The predicted octanol–water partition coefficient (Wildman–Crippen LogP) is 0.824. The Balaban J connectivity index is 1.40. The van der Waals surface area contributed by atoms with Crippen molar-refractivity contribution in [3.8, 4) is 0 Å². The van der Waals surface area contributed by atoms with Gasteiger partial charge in [-0.3, -0.25) is 9.59 Å². The first kappa shape index (κ1) is 18.6. The first-order valence-corrected chi connectivity index (χ1v) is 9.34. The molecule has 2 aromatic heterocycles. The second-order valence-corrected chi connectivity index (χ2v) is 7.48. The Bertz CT molecular complexity index is 874. The fraction of sp³-hybridized carbons (Fsp3) is 0.556. The molecular formula is C18H23FN6O3. The summed E-state index contributed by atoms with van der Waals surface area (Å²) in [5.74, 6) is -0.743. The molecule has 9 nitrogen and oxygen atoms in total. The lowest BCUT2D eigenvalue weighted by Gasteiger charge is -2.25. The minimum absolute atomic E-state index is 0.0887. The monoisotopic (exact) mass is 390 g/mol. The molecule has 0 radical (unpaired) electrons. The molecule has 150 valence electrons. The highest BCUT2D eigenvalue weighted by Gasteiger charge is 2.38. The molecule has 4 heterocycles. The smallest absolute Gasteiger partial charge is 0.276 e. The normalized spacial score (nSPS) is 22.5. The molecule has 4 rings (SSSR count). The van der Waals surface area contributed by atoms with Crippen molar-refractivity contribution in [1.82, 2.24) is 29.8 Å². The van der Waals surface area contributed by atoms with Crippen molar-refractivity contribution < 1.29 is 18.7 Å². The molecule has 2 fully saturated rings. The van der Waals surface area contributed by atoms with Crippen molar-refractivity contribution in [2.24, 2.45) is 0 Å². The Morgan fingerprint density at radius 2 is 2.11 bits per heavy atom. The zero-order valence-corrected chi connectivity index (χ0v) is 15.8. The summed E-state index contributed by atoms with van der Waals surface area (Å²) in [4.78, 5) is 26.6. The molecule has 0 bridgehead atoms. The maximum atomic E-state index is 14.5. The van der Waals surface area contributed by atoms with Crippen molar-refractivity contribution >= 4 is 11.8 Å². The van der Waals surface area contributed by atoms with Gasteiger partial charge in [0.1, 0.15) is 17.9 Å². The van der Waals surface area contributed by atoms with Crippen LogP contribution in [0.25, 0.3) is 0 Å². The predicted molar refractivity (Wildman–Crippen MR) is 96.7 cm³/mol. The SMILES string of the molecule is CC(C)n1cccc1C(=O)N[C@@H]1CN(C(=O)c2cn(C3COC3)nn2)C[C@@H]1F. The highest BCUT2D eigenvalue weighted by molar-refractivity contribution is 5.94. The molecule has 28 heavy (non-hydrogen) atoms. The number of rotatable bonds is 5. The van der Waals surface area contributed by atoms with Crippen LogP contribution < -0.4 is 5.32 Å². The van der Waals surface area contributed by atoms with Crippen molar-refractivity contribution in [3.05, 3.63) is 35.9 Å². The summed E-state index contributed by atoms with van der Waals surface area (Å²) >= 11 is 0. The Morgan fingerprint density at radius 1 is 1.32 bits per heavy atom. The average molecular weight is 390 g/mol. The van der Waals surface area contributed by atoms with Crippen LogP contribution in [0.4, 0.5) is 4.39 Å². The Labute approximate surface area is 161 Å². The molecular weight excluding hydrogens is 367 g/mol. The molecule has 2 aromatic rings. The van der Waals surface area contributed by atoms with Gasteiger partial charge >= 0.3 is 0 Å². The van der Waals surface area contributed by atoms with Crippen LogP contribution in [0, 0.1) is 0 Å². The lowest BCUT2D eigenvalue weighted by molar-refractivity contribution is -0.0294. The quantitative estimate of drug-likeness (QED) is 0.816. The number of hydrogen-bond donors (Lipinski definition) is 1. The Kier molecular flexibility index (Phi) is 4.88. The van der Waals surface area contributed by atoms with Gasteiger partial charge in [-0.1, -0.05) is 5.21 Å². The first-order valence-electron chi connectivity index (χ1n) is 9.34. The van der Waals surface area contributed by atoms with Crippen molar-refractivity contribution in [3.63, 3.8) is 0 Å². The van der Waals surface area contributed by atoms with E-state index < -0.39 is 18.1 Å². The van der Waals surface area contributed by atoms with Crippen LogP contribution in [-0.2, 0) is 4.74 Å². The van der Waals surface area contributed by atoms with Gasteiger partial charge in [0.25, 0.3) is 11.8 Å². The van der Waals surface area contributed by atoms with Gasteiger partial charge < -0.3 is 19.5 Å². The van der Waals surface area contributed by atoms with E-state index in [4.69, 9.17) is 4.74 Å². The van der Waals surface area contributed by atoms with Gasteiger partial charge in [-0.05, 0) is 26.0 Å². The second-order valence-electron chi connectivity index (χ2n) is 7.48. The minimum atomic E-state index is -1.34. The van der Waals surface area contributed by atoms with E-state index in [0.717, 1.165) is 0 Å². The third-order valence-corrected chi connectivity index (χ3v) is 5.14. The van der Waals surface area contributed by atoms with Gasteiger partial charge in [-0.2, -0.15) is 0 Å². The molecule has 0 saturated carbocycles. The van der Waals surface area contributed by atoms with E-state index in [1.807, 2.05) is 24.6 Å². The molecule has 0 unspecified atom stereocenters. The van der Waals surface area contributed by atoms with Crippen LogP contribution in [0.2, 0.25) is 0 Å². The zero-order valence-electron chi connectivity index (χ0n) is 15.8. The number of carbonyl (C=O) groups excluding carboxylic acids is 2. The third kappa shape index (κ3) is 3.39. The number of nitrogens with zero attached hydrogens (tertiary/aromatic N) is 5. The van der Waals surface area contributed by atoms with Gasteiger partial charge in [0, 0.05) is 18.8 Å². The molecule has 2 aliphatic heterocycles. The molecule has 2 saturated heterocycles. The maximum absolute atomic E-state index is 14.5. The van der Waals surface area contributed by atoms with Crippen LogP contribution in [-0.4, -0.2) is 74.8 Å². The summed E-state index contributed by atoms with van der Waals surface area (Å²) in [6.07, 6.45) is 2.03. The number of halogens is 1. The van der Waals surface area contributed by atoms with E-state index in [1.165, 1.54) is 4.90 Å². The third-order valence-electron chi connectivity index (χ3n) is 5.14. The summed E-state index contributed by atoms with van der Waals surface area (Å²) in [6.45, 7) is 5.02. The average Bonchev–Trinajstić information content (AvgIpc) is 3.33. The van der Waals surface area contributed by atoms with E-state index in [0.29, 0.717) is 18.9 Å². The van der Waals surface area contributed by atoms with Crippen molar-refractivity contribution in [2.75, 3.05) is 26.3 Å². The summed E-state index contributed by atoms with van der Waals surface area (Å²) < 4.78 is 23.0.